The normalized spacial score (nSPS) is 14.6. The minimum absolute atomic E-state index is 0.0984. The number of carbonyl (C=O) groups is 2. The Hall–Kier alpha value is -2.20. The first kappa shape index (κ1) is 23.5. The van der Waals surface area contributed by atoms with E-state index in [0.29, 0.717) is 17.4 Å². The van der Waals surface area contributed by atoms with Gasteiger partial charge in [0.25, 0.3) is 0 Å². The summed E-state index contributed by atoms with van der Waals surface area (Å²) in [7, 11) is 0. The lowest BCUT2D eigenvalue weighted by Crippen LogP contribution is -2.39. The summed E-state index contributed by atoms with van der Waals surface area (Å²) in [5.74, 6) is -2.37. The first-order valence-corrected chi connectivity index (χ1v) is 11.8. The number of carboxylic acids is 1. The number of urea groups is 1. The molecule has 1 aliphatic carbocycles. The van der Waals surface area contributed by atoms with Crippen LogP contribution in [0, 0.1) is 23.0 Å². The lowest BCUT2D eigenvalue weighted by Gasteiger charge is -2.26. The van der Waals surface area contributed by atoms with Gasteiger partial charge in [0.1, 0.15) is 0 Å². The summed E-state index contributed by atoms with van der Waals surface area (Å²) in [6, 6.07) is 3.22. The van der Waals surface area contributed by atoms with Crippen molar-refractivity contribution in [3.8, 4) is 0 Å². The highest BCUT2D eigenvalue weighted by atomic mass is 32.2. The summed E-state index contributed by atoms with van der Waals surface area (Å²) in [4.78, 5) is 29.7. The number of hydrogen-bond acceptors (Lipinski definition) is 5. The Kier molecular flexibility index (Phi) is 7.53. The maximum Gasteiger partial charge on any atom is 0.328 e. The largest absolute Gasteiger partial charge is 0.481 e. The average Bonchev–Trinajstić information content (AvgIpc) is 3.39. The number of carboxylic acid groups (broad SMARTS) is 1. The van der Waals surface area contributed by atoms with E-state index in [1.807, 2.05) is 0 Å². The van der Waals surface area contributed by atoms with E-state index in [0.717, 1.165) is 36.0 Å². The van der Waals surface area contributed by atoms with Gasteiger partial charge in [-0.25, -0.2) is 18.6 Å². The Morgan fingerprint density at radius 2 is 2.03 bits per heavy atom. The van der Waals surface area contributed by atoms with Gasteiger partial charge in [0.15, 0.2) is 16.8 Å². The van der Waals surface area contributed by atoms with Crippen LogP contribution in [0.3, 0.4) is 0 Å². The molecule has 1 heterocycles. The number of aromatic nitrogens is 1. The van der Waals surface area contributed by atoms with Crippen molar-refractivity contribution in [1.82, 2.24) is 4.98 Å². The molecule has 0 bridgehead atoms. The van der Waals surface area contributed by atoms with Crippen LogP contribution in [0.15, 0.2) is 28.6 Å². The van der Waals surface area contributed by atoms with Gasteiger partial charge >= 0.3 is 12.0 Å². The third-order valence-electron chi connectivity index (χ3n) is 5.24. The molecule has 1 aromatic heterocycles. The number of hydrogen-bond donors (Lipinski definition) is 2. The molecule has 0 spiro atoms. The number of carbonyl (C=O) groups excluding carboxylic acids is 1. The maximum absolute atomic E-state index is 14.4. The molecule has 31 heavy (non-hydrogen) atoms. The highest BCUT2D eigenvalue weighted by Crippen LogP contribution is 2.34. The van der Waals surface area contributed by atoms with Crippen molar-refractivity contribution in [2.45, 2.75) is 43.7 Å². The Bertz CT molecular complexity index is 946. The summed E-state index contributed by atoms with van der Waals surface area (Å²) >= 11 is 2.55. The number of rotatable bonds is 8. The lowest BCUT2D eigenvalue weighted by molar-refractivity contribution is -0.145. The van der Waals surface area contributed by atoms with Crippen LogP contribution in [0.25, 0.3) is 0 Å². The van der Waals surface area contributed by atoms with Gasteiger partial charge in [0.05, 0.1) is 21.5 Å². The smallest absolute Gasteiger partial charge is 0.328 e. The predicted molar refractivity (Wildman–Crippen MR) is 119 cm³/mol. The zero-order valence-electron chi connectivity index (χ0n) is 17.4. The van der Waals surface area contributed by atoms with E-state index in [9.17, 15) is 23.5 Å². The monoisotopic (exact) mass is 469 g/mol. The van der Waals surface area contributed by atoms with Crippen molar-refractivity contribution in [1.29, 1.82) is 0 Å². The van der Waals surface area contributed by atoms with Crippen molar-refractivity contribution in [3.05, 3.63) is 36.0 Å². The van der Waals surface area contributed by atoms with Crippen molar-refractivity contribution in [2.75, 3.05) is 22.5 Å². The fourth-order valence-corrected chi connectivity index (χ4v) is 5.24. The molecule has 1 aliphatic rings. The molecule has 0 unspecified atom stereocenters. The van der Waals surface area contributed by atoms with Crippen LogP contribution < -0.4 is 10.2 Å². The molecule has 10 heteroatoms. The predicted octanol–water partition coefficient (Wildman–Crippen LogP) is 5.85. The highest BCUT2D eigenvalue weighted by Gasteiger charge is 2.29. The number of aliphatic carboxylic acids is 1. The standard InChI is InChI=1S/C21H25F2N3O3S2/c1-21(2,18(27)28)12-30-16-10-24-19(31-16)25-20(29)26(11-13-6-3-4-7-13)15-9-5-8-14(22)17(15)23/h5,8-10,13H,3-4,6-7,11-12H2,1-2H3,(H,27,28)(H,24,25,29). The van der Waals surface area contributed by atoms with Gasteiger partial charge in [0, 0.05) is 12.3 Å². The molecule has 3 rings (SSSR count). The van der Waals surface area contributed by atoms with Gasteiger partial charge in [-0.1, -0.05) is 30.2 Å². The lowest BCUT2D eigenvalue weighted by atomic mass is 9.97. The maximum atomic E-state index is 14.4. The van der Waals surface area contributed by atoms with Crippen LogP contribution in [0.5, 0.6) is 0 Å². The van der Waals surface area contributed by atoms with E-state index in [1.54, 1.807) is 20.0 Å². The Labute approximate surface area is 188 Å². The molecule has 168 valence electrons. The molecular formula is C21H25F2N3O3S2. The first-order chi connectivity index (χ1) is 14.7. The van der Waals surface area contributed by atoms with Gasteiger partial charge < -0.3 is 5.11 Å². The van der Waals surface area contributed by atoms with Gasteiger partial charge in [-0.15, -0.1) is 11.8 Å². The minimum atomic E-state index is -1.05. The Morgan fingerprint density at radius 3 is 2.71 bits per heavy atom. The molecule has 0 aliphatic heterocycles. The van der Waals surface area contributed by atoms with Crippen molar-refractivity contribution < 1.29 is 23.5 Å². The van der Waals surface area contributed by atoms with Crippen LogP contribution >= 0.6 is 23.1 Å². The van der Waals surface area contributed by atoms with Crippen molar-refractivity contribution in [3.63, 3.8) is 0 Å². The third kappa shape index (κ3) is 5.94. The summed E-state index contributed by atoms with van der Waals surface area (Å²) in [6.07, 6.45) is 5.57. The Balaban J connectivity index is 1.72. The van der Waals surface area contributed by atoms with Crippen LogP contribution in [0.2, 0.25) is 0 Å². The summed E-state index contributed by atoms with van der Waals surface area (Å²) in [5, 5.41) is 12.2. The zero-order valence-corrected chi connectivity index (χ0v) is 19.0. The molecule has 0 atom stereocenters. The van der Waals surface area contributed by atoms with E-state index in [1.165, 1.54) is 40.1 Å². The first-order valence-electron chi connectivity index (χ1n) is 10.0. The van der Waals surface area contributed by atoms with E-state index >= 15 is 0 Å². The van der Waals surface area contributed by atoms with E-state index in [4.69, 9.17) is 0 Å². The van der Waals surface area contributed by atoms with Crippen molar-refractivity contribution >= 4 is 45.9 Å². The van der Waals surface area contributed by atoms with E-state index in [-0.39, 0.29) is 11.6 Å². The number of amides is 2. The second-order valence-corrected chi connectivity index (χ2v) is 10.5. The molecule has 2 N–H and O–H groups in total. The van der Waals surface area contributed by atoms with Crippen molar-refractivity contribution in [2.24, 2.45) is 11.3 Å². The second kappa shape index (κ2) is 9.95. The number of thioether (sulfide) groups is 1. The number of anilines is 2. The molecule has 2 amide bonds. The quantitative estimate of drug-likeness (QED) is 0.474. The fourth-order valence-electron chi connectivity index (χ4n) is 3.30. The van der Waals surface area contributed by atoms with Crippen LogP contribution in [-0.2, 0) is 4.79 Å². The summed E-state index contributed by atoms with van der Waals surface area (Å²) in [6.45, 7) is 3.58. The van der Waals surface area contributed by atoms with Crippen LogP contribution in [0.1, 0.15) is 39.5 Å². The molecule has 1 aromatic carbocycles. The minimum Gasteiger partial charge on any atom is -0.481 e. The summed E-state index contributed by atoms with van der Waals surface area (Å²) in [5.41, 5.74) is -0.996. The molecule has 6 nitrogen and oxygen atoms in total. The van der Waals surface area contributed by atoms with Crippen LogP contribution in [-0.4, -0.2) is 34.4 Å². The Morgan fingerprint density at radius 1 is 1.32 bits per heavy atom. The molecular weight excluding hydrogens is 444 g/mol. The van der Waals surface area contributed by atoms with Gasteiger partial charge in [-0.05, 0) is 44.7 Å². The molecule has 1 fully saturated rings. The third-order valence-corrected chi connectivity index (χ3v) is 7.80. The van der Waals surface area contributed by atoms with E-state index < -0.39 is 29.0 Å². The number of nitrogens with one attached hydrogen (secondary N) is 1. The van der Waals surface area contributed by atoms with Gasteiger partial charge in [-0.3, -0.25) is 15.0 Å². The van der Waals surface area contributed by atoms with E-state index in [2.05, 4.69) is 10.3 Å². The second-order valence-electron chi connectivity index (χ2n) is 8.23. The van der Waals surface area contributed by atoms with Gasteiger partial charge in [0.2, 0.25) is 0 Å². The molecule has 0 saturated heterocycles. The zero-order chi connectivity index (χ0) is 22.6. The summed E-state index contributed by atoms with van der Waals surface area (Å²) < 4.78 is 29.0. The van der Waals surface area contributed by atoms with Gasteiger partial charge in [-0.2, -0.15) is 0 Å². The number of thiazole rings is 1. The molecule has 1 saturated carbocycles. The number of halogens is 2. The number of benzene rings is 1. The van der Waals surface area contributed by atoms with Crippen LogP contribution in [0.4, 0.5) is 24.4 Å². The highest BCUT2D eigenvalue weighted by molar-refractivity contribution is 8.01. The fraction of sp³-hybridized carbons (Fsp3) is 0.476. The SMILES string of the molecule is CC(C)(CSc1cnc(NC(=O)N(CC2CCCC2)c2cccc(F)c2F)s1)C(=O)O. The molecule has 0 radical (unpaired) electrons. The topological polar surface area (TPSA) is 82.5 Å². The molecule has 2 aromatic rings. The average molecular weight is 470 g/mol. The number of nitrogens with zero attached hydrogens (tertiary/aromatic N) is 2.